The summed E-state index contributed by atoms with van der Waals surface area (Å²) in [7, 11) is 0. The maximum atomic E-state index is 10.0. The SMILES string of the molecule is Cc1cc(Br)ccc1-n1ccc2c1CCCC2O. The van der Waals surface area contributed by atoms with Crippen LogP contribution in [0, 0.1) is 6.92 Å². The molecule has 0 fully saturated rings. The summed E-state index contributed by atoms with van der Waals surface area (Å²) >= 11 is 3.49. The van der Waals surface area contributed by atoms with Gasteiger partial charge >= 0.3 is 0 Å². The minimum Gasteiger partial charge on any atom is -0.388 e. The molecule has 1 atom stereocenters. The highest BCUT2D eigenvalue weighted by Crippen LogP contribution is 2.33. The molecule has 1 unspecified atom stereocenters. The Morgan fingerprint density at radius 2 is 2.17 bits per heavy atom. The lowest BCUT2D eigenvalue weighted by Crippen LogP contribution is -2.11. The normalized spacial score (nSPS) is 18.7. The Labute approximate surface area is 115 Å². The van der Waals surface area contributed by atoms with Crippen molar-refractivity contribution in [1.29, 1.82) is 0 Å². The minimum atomic E-state index is -0.286. The number of aryl methyl sites for hydroxylation is 1. The average Bonchev–Trinajstić information content (AvgIpc) is 2.74. The smallest absolute Gasteiger partial charge is 0.0807 e. The first-order valence-corrected chi connectivity index (χ1v) is 7.11. The standard InChI is InChI=1S/C15H16BrNO/c1-10-9-11(16)5-6-13(10)17-8-7-12-14(17)3-2-4-15(12)18/h5-9,15,18H,2-4H2,1H3. The molecular formula is C15H16BrNO. The van der Waals surface area contributed by atoms with Crippen LogP contribution in [-0.4, -0.2) is 9.67 Å². The maximum absolute atomic E-state index is 10.0. The molecule has 1 aliphatic rings. The van der Waals surface area contributed by atoms with Crippen LogP contribution in [0.5, 0.6) is 0 Å². The lowest BCUT2D eigenvalue weighted by atomic mass is 9.95. The summed E-state index contributed by atoms with van der Waals surface area (Å²) in [6.45, 7) is 2.12. The van der Waals surface area contributed by atoms with E-state index in [0.717, 1.165) is 29.3 Å². The predicted octanol–water partition coefficient (Wildman–Crippen LogP) is 3.92. The zero-order valence-electron chi connectivity index (χ0n) is 10.4. The van der Waals surface area contributed by atoms with Gasteiger partial charge in [0.05, 0.1) is 6.10 Å². The predicted molar refractivity (Wildman–Crippen MR) is 76.1 cm³/mol. The van der Waals surface area contributed by atoms with E-state index in [4.69, 9.17) is 0 Å². The van der Waals surface area contributed by atoms with Crippen LogP contribution in [0.15, 0.2) is 34.9 Å². The van der Waals surface area contributed by atoms with Crippen LogP contribution >= 0.6 is 15.9 Å². The van der Waals surface area contributed by atoms with Gasteiger partial charge in [-0.05, 0) is 56.0 Å². The van der Waals surface area contributed by atoms with Crippen molar-refractivity contribution in [3.63, 3.8) is 0 Å². The van der Waals surface area contributed by atoms with Crippen LogP contribution < -0.4 is 0 Å². The molecule has 1 aliphatic carbocycles. The Kier molecular flexibility index (Phi) is 3.04. The highest BCUT2D eigenvalue weighted by atomic mass is 79.9. The molecule has 0 aliphatic heterocycles. The summed E-state index contributed by atoms with van der Waals surface area (Å²) in [4.78, 5) is 0. The van der Waals surface area contributed by atoms with Crippen LogP contribution in [0.2, 0.25) is 0 Å². The van der Waals surface area contributed by atoms with Crippen LogP contribution in [0.25, 0.3) is 5.69 Å². The fraction of sp³-hybridized carbons (Fsp3) is 0.333. The van der Waals surface area contributed by atoms with Crippen LogP contribution in [0.1, 0.15) is 35.8 Å². The van der Waals surface area contributed by atoms with Crippen molar-refractivity contribution in [3.8, 4) is 5.69 Å². The van der Waals surface area contributed by atoms with Gasteiger partial charge in [-0.25, -0.2) is 0 Å². The first-order valence-electron chi connectivity index (χ1n) is 6.31. The quantitative estimate of drug-likeness (QED) is 0.849. The van der Waals surface area contributed by atoms with Gasteiger partial charge in [-0.1, -0.05) is 15.9 Å². The average molecular weight is 306 g/mol. The summed E-state index contributed by atoms with van der Waals surface area (Å²) in [5, 5.41) is 10.0. The number of benzene rings is 1. The number of aromatic nitrogens is 1. The number of fused-ring (bicyclic) bond motifs is 1. The molecule has 94 valence electrons. The number of hydrogen-bond donors (Lipinski definition) is 1. The molecular weight excluding hydrogens is 290 g/mol. The Bertz CT molecular complexity index is 588. The van der Waals surface area contributed by atoms with Crippen molar-refractivity contribution in [2.75, 3.05) is 0 Å². The molecule has 0 radical (unpaired) electrons. The number of aliphatic hydroxyl groups excluding tert-OH is 1. The fourth-order valence-corrected chi connectivity index (χ4v) is 3.26. The van der Waals surface area contributed by atoms with E-state index in [-0.39, 0.29) is 6.10 Å². The monoisotopic (exact) mass is 305 g/mol. The van der Waals surface area contributed by atoms with E-state index in [1.165, 1.54) is 16.9 Å². The molecule has 0 saturated heterocycles. The molecule has 1 aromatic heterocycles. The van der Waals surface area contributed by atoms with Gasteiger partial charge in [-0.2, -0.15) is 0 Å². The molecule has 1 N–H and O–H groups in total. The second-order valence-corrected chi connectivity index (χ2v) is 5.84. The number of aliphatic hydroxyl groups is 1. The topological polar surface area (TPSA) is 25.2 Å². The molecule has 0 spiro atoms. The first-order chi connectivity index (χ1) is 8.66. The third kappa shape index (κ3) is 1.91. The Morgan fingerprint density at radius 1 is 1.33 bits per heavy atom. The van der Waals surface area contributed by atoms with Crippen molar-refractivity contribution >= 4 is 15.9 Å². The highest BCUT2D eigenvalue weighted by Gasteiger charge is 2.21. The Morgan fingerprint density at radius 3 is 2.94 bits per heavy atom. The summed E-state index contributed by atoms with van der Waals surface area (Å²) in [6, 6.07) is 8.37. The Hall–Kier alpha value is -1.06. The molecule has 3 rings (SSSR count). The molecule has 1 heterocycles. The van der Waals surface area contributed by atoms with E-state index < -0.39 is 0 Å². The third-order valence-corrected chi connectivity index (χ3v) is 4.19. The zero-order valence-corrected chi connectivity index (χ0v) is 11.9. The highest BCUT2D eigenvalue weighted by molar-refractivity contribution is 9.10. The van der Waals surface area contributed by atoms with Crippen molar-refractivity contribution in [2.45, 2.75) is 32.3 Å². The molecule has 3 heteroatoms. The second kappa shape index (κ2) is 4.56. The summed E-state index contributed by atoms with van der Waals surface area (Å²) in [5.41, 5.74) is 4.80. The van der Waals surface area contributed by atoms with Gasteiger partial charge in [-0.15, -0.1) is 0 Å². The summed E-state index contributed by atoms with van der Waals surface area (Å²) < 4.78 is 3.32. The second-order valence-electron chi connectivity index (χ2n) is 4.93. The van der Waals surface area contributed by atoms with Crippen molar-refractivity contribution in [2.24, 2.45) is 0 Å². The van der Waals surface area contributed by atoms with E-state index in [1.54, 1.807) is 0 Å². The lowest BCUT2D eigenvalue weighted by molar-refractivity contribution is 0.156. The maximum Gasteiger partial charge on any atom is 0.0807 e. The molecule has 0 saturated carbocycles. The number of rotatable bonds is 1. The van der Waals surface area contributed by atoms with Crippen molar-refractivity contribution in [1.82, 2.24) is 4.57 Å². The Balaban J connectivity index is 2.12. The van der Waals surface area contributed by atoms with Gasteiger partial charge in [0.15, 0.2) is 0 Å². The molecule has 0 bridgehead atoms. The van der Waals surface area contributed by atoms with Crippen molar-refractivity contribution in [3.05, 3.63) is 51.8 Å². The molecule has 2 nitrogen and oxygen atoms in total. The third-order valence-electron chi connectivity index (χ3n) is 3.70. The van der Waals surface area contributed by atoms with Crippen LogP contribution in [0.4, 0.5) is 0 Å². The van der Waals surface area contributed by atoms with Crippen LogP contribution in [-0.2, 0) is 6.42 Å². The zero-order chi connectivity index (χ0) is 12.7. The minimum absolute atomic E-state index is 0.286. The van der Waals surface area contributed by atoms with E-state index in [0.29, 0.717) is 0 Å². The summed E-state index contributed by atoms with van der Waals surface area (Å²) in [6.07, 6.45) is 4.79. The van der Waals surface area contributed by atoms with Gasteiger partial charge in [0, 0.05) is 27.6 Å². The van der Waals surface area contributed by atoms with E-state index in [1.807, 2.05) is 0 Å². The van der Waals surface area contributed by atoms with Gasteiger partial charge in [0.2, 0.25) is 0 Å². The van der Waals surface area contributed by atoms with Gasteiger partial charge < -0.3 is 9.67 Å². The lowest BCUT2D eigenvalue weighted by Gasteiger charge is -2.21. The first kappa shape index (κ1) is 12.0. The number of hydrogen-bond acceptors (Lipinski definition) is 1. The fourth-order valence-electron chi connectivity index (χ4n) is 2.78. The molecule has 1 aromatic carbocycles. The van der Waals surface area contributed by atoms with E-state index >= 15 is 0 Å². The molecule has 18 heavy (non-hydrogen) atoms. The molecule has 0 amide bonds. The van der Waals surface area contributed by atoms with Gasteiger partial charge in [-0.3, -0.25) is 0 Å². The van der Waals surface area contributed by atoms with Gasteiger partial charge in [0.1, 0.15) is 0 Å². The van der Waals surface area contributed by atoms with Gasteiger partial charge in [0.25, 0.3) is 0 Å². The summed E-state index contributed by atoms with van der Waals surface area (Å²) in [5.74, 6) is 0. The largest absolute Gasteiger partial charge is 0.388 e. The van der Waals surface area contributed by atoms with E-state index in [9.17, 15) is 5.11 Å². The van der Waals surface area contributed by atoms with Crippen LogP contribution in [0.3, 0.4) is 0 Å². The molecule has 2 aromatic rings. The number of halogens is 1. The number of nitrogens with zero attached hydrogens (tertiary/aromatic N) is 1. The van der Waals surface area contributed by atoms with Crippen molar-refractivity contribution < 1.29 is 5.11 Å². The van der Waals surface area contributed by atoms with E-state index in [2.05, 4.69) is 57.9 Å².